The van der Waals surface area contributed by atoms with E-state index in [1.165, 1.54) is 0 Å². The summed E-state index contributed by atoms with van der Waals surface area (Å²) in [5, 5.41) is 13.4. The normalized spacial score (nSPS) is 17.9. The van der Waals surface area contributed by atoms with Gasteiger partial charge in [-0.25, -0.2) is 0 Å². The molecule has 2 aromatic carbocycles. The minimum Gasteiger partial charge on any atom is -0.484 e. The molecular formula is C21H24N2O5. The third-order valence-corrected chi connectivity index (χ3v) is 4.59. The molecule has 2 aromatic rings. The Bertz CT molecular complexity index is 794. The summed E-state index contributed by atoms with van der Waals surface area (Å²) in [6.45, 7) is 2.63. The van der Waals surface area contributed by atoms with Gasteiger partial charge in [-0.2, -0.15) is 0 Å². The van der Waals surface area contributed by atoms with E-state index in [2.05, 4.69) is 5.32 Å². The highest BCUT2D eigenvalue weighted by Gasteiger charge is 2.33. The maximum atomic E-state index is 12.0. The van der Waals surface area contributed by atoms with E-state index < -0.39 is 12.1 Å². The van der Waals surface area contributed by atoms with Crippen LogP contribution in [0.5, 0.6) is 5.75 Å². The van der Waals surface area contributed by atoms with Gasteiger partial charge >= 0.3 is 0 Å². The van der Waals surface area contributed by atoms with Gasteiger partial charge in [0.25, 0.3) is 5.91 Å². The second kappa shape index (κ2) is 9.34. The lowest BCUT2D eigenvalue weighted by molar-refractivity contribution is -0.153. The summed E-state index contributed by atoms with van der Waals surface area (Å²) in [6.07, 6.45) is -0.865. The summed E-state index contributed by atoms with van der Waals surface area (Å²) >= 11 is 0. The Labute approximate surface area is 163 Å². The van der Waals surface area contributed by atoms with E-state index in [9.17, 15) is 14.7 Å². The molecule has 148 valence electrons. The number of carbonyl (C=O) groups excluding carboxylic acids is 2. The molecule has 2 atom stereocenters. The van der Waals surface area contributed by atoms with Gasteiger partial charge in [-0.3, -0.25) is 9.59 Å². The van der Waals surface area contributed by atoms with Crippen LogP contribution in [0.15, 0.2) is 54.6 Å². The van der Waals surface area contributed by atoms with E-state index in [0.29, 0.717) is 23.5 Å². The molecule has 1 aliphatic rings. The van der Waals surface area contributed by atoms with Gasteiger partial charge in [0.1, 0.15) is 18.5 Å². The summed E-state index contributed by atoms with van der Waals surface area (Å²) < 4.78 is 10.7. The standard InChI is InChI=1S/C21H24N2O5/c1-2-23-18(12-27-14-20(23)25)21(26)15-8-10-16(11-9-15)22-19(24)13-28-17-6-4-3-5-7-17/h3-11,18,21,26H,2,12-14H2,1H3,(H,22,24)/t18-,21-/m1/s1. The molecule has 3 rings (SSSR count). The Morgan fingerprint density at radius 1 is 1.25 bits per heavy atom. The van der Waals surface area contributed by atoms with E-state index in [1.54, 1.807) is 41.3 Å². The zero-order valence-corrected chi connectivity index (χ0v) is 15.7. The van der Waals surface area contributed by atoms with Crippen LogP contribution in [0.25, 0.3) is 0 Å². The van der Waals surface area contributed by atoms with Crippen LogP contribution in [-0.4, -0.2) is 54.2 Å². The first-order chi connectivity index (χ1) is 13.6. The predicted molar refractivity (Wildman–Crippen MR) is 104 cm³/mol. The highest BCUT2D eigenvalue weighted by Crippen LogP contribution is 2.25. The lowest BCUT2D eigenvalue weighted by Gasteiger charge is -2.37. The largest absolute Gasteiger partial charge is 0.484 e. The van der Waals surface area contributed by atoms with Crippen LogP contribution >= 0.6 is 0 Å². The number of amides is 2. The third-order valence-electron chi connectivity index (χ3n) is 4.59. The Balaban J connectivity index is 1.56. The van der Waals surface area contributed by atoms with Crippen LogP contribution in [0.3, 0.4) is 0 Å². The predicted octanol–water partition coefficient (Wildman–Crippen LogP) is 1.98. The molecule has 0 bridgehead atoms. The molecule has 0 radical (unpaired) electrons. The van der Waals surface area contributed by atoms with Crippen molar-refractivity contribution in [2.75, 3.05) is 31.7 Å². The highest BCUT2D eigenvalue weighted by atomic mass is 16.5. The number of aliphatic hydroxyl groups is 1. The first kappa shape index (κ1) is 19.9. The number of nitrogens with zero attached hydrogens (tertiary/aromatic N) is 1. The summed E-state index contributed by atoms with van der Waals surface area (Å²) in [5.74, 6) is 0.224. The van der Waals surface area contributed by atoms with Crippen LogP contribution in [-0.2, 0) is 14.3 Å². The summed E-state index contributed by atoms with van der Waals surface area (Å²) in [6, 6.07) is 15.6. The molecule has 0 saturated carbocycles. The lowest BCUT2D eigenvalue weighted by atomic mass is 10.00. The second-order valence-electron chi connectivity index (χ2n) is 6.48. The van der Waals surface area contributed by atoms with Gasteiger partial charge in [-0.15, -0.1) is 0 Å². The number of ether oxygens (including phenoxy) is 2. The molecule has 1 saturated heterocycles. The number of hydrogen-bond acceptors (Lipinski definition) is 5. The maximum Gasteiger partial charge on any atom is 0.262 e. The molecule has 1 aliphatic heterocycles. The molecule has 1 heterocycles. The summed E-state index contributed by atoms with van der Waals surface area (Å²) in [7, 11) is 0. The van der Waals surface area contributed by atoms with Crippen molar-refractivity contribution in [1.29, 1.82) is 0 Å². The van der Waals surface area contributed by atoms with Gasteiger partial charge in [0.2, 0.25) is 5.91 Å². The summed E-state index contributed by atoms with van der Waals surface area (Å²) in [5.41, 5.74) is 1.25. The van der Waals surface area contributed by atoms with Crippen LogP contribution < -0.4 is 10.1 Å². The van der Waals surface area contributed by atoms with E-state index >= 15 is 0 Å². The fourth-order valence-electron chi connectivity index (χ4n) is 3.15. The van der Waals surface area contributed by atoms with Gasteiger partial charge in [0, 0.05) is 12.2 Å². The molecule has 7 nitrogen and oxygen atoms in total. The zero-order valence-electron chi connectivity index (χ0n) is 15.7. The van der Waals surface area contributed by atoms with E-state index in [4.69, 9.17) is 9.47 Å². The fourth-order valence-corrected chi connectivity index (χ4v) is 3.15. The van der Waals surface area contributed by atoms with E-state index in [0.717, 1.165) is 0 Å². The van der Waals surface area contributed by atoms with Gasteiger partial charge in [0.05, 0.1) is 12.6 Å². The molecule has 2 N–H and O–H groups in total. The van der Waals surface area contributed by atoms with Gasteiger partial charge in [0.15, 0.2) is 6.61 Å². The number of anilines is 1. The number of rotatable bonds is 7. The average molecular weight is 384 g/mol. The minimum atomic E-state index is -0.865. The Hall–Kier alpha value is -2.90. The third kappa shape index (κ3) is 4.88. The monoisotopic (exact) mass is 384 g/mol. The molecule has 0 unspecified atom stereocenters. The van der Waals surface area contributed by atoms with Crippen molar-refractivity contribution in [3.8, 4) is 5.75 Å². The molecule has 1 fully saturated rings. The van der Waals surface area contributed by atoms with Crippen molar-refractivity contribution in [1.82, 2.24) is 4.90 Å². The Morgan fingerprint density at radius 2 is 1.96 bits per heavy atom. The van der Waals surface area contributed by atoms with Crippen LogP contribution in [0.1, 0.15) is 18.6 Å². The fraction of sp³-hybridized carbons (Fsp3) is 0.333. The van der Waals surface area contributed by atoms with Crippen molar-refractivity contribution < 1.29 is 24.2 Å². The van der Waals surface area contributed by atoms with Crippen LogP contribution in [0.4, 0.5) is 5.69 Å². The summed E-state index contributed by atoms with van der Waals surface area (Å²) in [4.78, 5) is 25.6. The minimum absolute atomic E-state index is 0.0487. The molecule has 7 heteroatoms. The first-order valence-corrected chi connectivity index (χ1v) is 9.21. The van der Waals surface area contributed by atoms with Crippen molar-refractivity contribution in [3.63, 3.8) is 0 Å². The SMILES string of the molecule is CCN1C(=O)COC[C@@H]1[C@H](O)c1ccc(NC(=O)COc2ccccc2)cc1. The molecular weight excluding hydrogens is 360 g/mol. The number of para-hydroxylation sites is 1. The van der Waals surface area contributed by atoms with Crippen LogP contribution in [0, 0.1) is 0 Å². The molecule has 0 aliphatic carbocycles. The maximum absolute atomic E-state index is 12.0. The number of hydrogen-bond donors (Lipinski definition) is 2. The number of aliphatic hydroxyl groups excluding tert-OH is 1. The topological polar surface area (TPSA) is 88.1 Å². The number of morpholine rings is 1. The Kier molecular flexibility index (Phi) is 6.62. The van der Waals surface area contributed by atoms with Crippen molar-refractivity contribution >= 4 is 17.5 Å². The quantitative estimate of drug-likeness (QED) is 0.762. The average Bonchev–Trinajstić information content (AvgIpc) is 2.73. The number of likely N-dealkylation sites (N-methyl/N-ethyl adjacent to an activating group) is 1. The molecule has 0 aromatic heterocycles. The number of nitrogens with one attached hydrogen (secondary N) is 1. The number of carbonyl (C=O) groups is 2. The lowest BCUT2D eigenvalue weighted by Crippen LogP contribution is -2.51. The van der Waals surface area contributed by atoms with Crippen molar-refractivity contribution in [3.05, 3.63) is 60.2 Å². The van der Waals surface area contributed by atoms with E-state index in [-0.39, 0.29) is 31.6 Å². The number of benzene rings is 2. The van der Waals surface area contributed by atoms with Gasteiger partial charge < -0.3 is 24.8 Å². The van der Waals surface area contributed by atoms with Gasteiger partial charge in [-0.05, 0) is 36.8 Å². The zero-order chi connectivity index (χ0) is 19.9. The van der Waals surface area contributed by atoms with Crippen molar-refractivity contribution in [2.24, 2.45) is 0 Å². The molecule has 0 spiro atoms. The van der Waals surface area contributed by atoms with E-state index in [1.807, 2.05) is 25.1 Å². The first-order valence-electron chi connectivity index (χ1n) is 9.21. The van der Waals surface area contributed by atoms with Crippen LogP contribution in [0.2, 0.25) is 0 Å². The highest BCUT2D eigenvalue weighted by molar-refractivity contribution is 5.91. The molecule has 28 heavy (non-hydrogen) atoms. The molecule has 2 amide bonds. The second-order valence-corrected chi connectivity index (χ2v) is 6.48. The van der Waals surface area contributed by atoms with Gasteiger partial charge in [-0.1, -0.05) is 30.3 Å². The Morgan fingerprint density at radius 3 is 2.64 bits per heavy atom. The smallest absolute Gasteiger partial charge is 0.262 e. The van der Waals surface area contributed by atoms with Crippen molar-refractivity contribution in [2.45, 2.75) is 19.1 Å².